The fourth-order valence-corrected chi connectivity index (χ4v) is 1.27. The molecule has 0 aromatic heterocycles. The van der Waals surface area contributed by atoms with Crippen LogP contribution >= 0.6 is 12.4 Å². The molecule has 0 radical (unpaired) electrons. The highest BCUT2D eigenvalue weighted by molar-refractivity contribution is 5.94. The maximum absolute atomic E-state index is 12.6. The zero-order chi connectivity index (χ0) is 11.8. The van der Waals surface area contributed by atoms with Crippen LogP contribution in [0.1, 0.15) is 23.7 Å². The normalized spacial score (nSPS) is 9.53. The van der Waals surface area contributed by atoms with E-state index in [4.69, 9.17) is 0 Å². The molecule has 1 rings (SSSR count). The lowest BCUT2D eigenvalue weighted by Crippen LogP contribution is -2.32. The Kier molecular flexibility index (Phi) is 8.36. The van der Waals surface area contributed by atoms with Crippen LogP contribution in [-0.4, -0.2) is 25.5 Å². The third-order valence-electron chi connectivity index (χ3n) is 2.12. The number of hydrogen-bond acceptors (Lipinski definition) is 2. The van der Waals surface area contributed by atoms with Gasteiger partial charge in [-0.2, -0.15) is 0 Å². The minimum Gasteiger partial charge on any atom is -0.351 e. The van der Waals surface area contributed by atoms with E-state index in [1.807, 2.05) is 0 Å². The Hall–Kier alpha value is -1.13. The van der Waals surface area contributed by atoms with Gasteiger partial charge in [0.1, 0.15) is 5.82 Å². The molecular formula is C12H18ClFN2O. The average molecular weight is 261 g/mol. The molecule has 0 spiro atoms. The SMILES string of the molecule is CCCNCCNC(=O)c1ccc(F)cc1.Cl. The molecule has 0 aliphatic heterocycles. The molecule has 0 unspecified atom stereocenters. The molecule has 1 aromatic carbocycles. The van der Waals surface area contributed by atoms with Gasteiger partial charge in [-0.25, -0.2) is 4.39 Å². The highest BCUT2D eigenvalue weighted by Gasteiger charge is 2.03. The molecule has 17 heavy (non-hydrogen) atoms. The van der Waals surface area contributed by atoms with Crippen molar-refractivity contribution in [1.29, 1.82) is 0 Å². The molecule has 3 nitrogen and oxygen atoms in total. The van der Waals surface area contributed by atoms with E-state index in [1.165, 1.54) is 24.3 Å². The third kappa shape index (κ3) is 6.24. The number of amides is 1. The van der Waals surface area contributed by atoms with Crippen molar-refractivity contribution in [3.8, 4) is 0 Å². The van der Waals surface area contributed by atoms with E-state index in [2.05, 4.69) is 17.6 Å². The summed E-state index contributed by atoms with van der Waals surface area (Å²) in [7, 11) is 0. The second kappa shape index (κ2) is 8.96. The zero-order valence-corrected chi connectivity index (χ0v) is 10.6. The van der Waals surface area contributed by atoms with Crippen molar-refractivity contribution in [2.45, 2.75) is 13.3 Å². The van der Waals surface area contributed by atoms with Gasteiger partial charge >= 0.3 is 0 Å². The van der Waals surface area contributed by atoms with E-state index in [9.17, 15) is 9.18 Å². The van der Waals surface area contributed by atoms with Gasteiger partial charge in [0.2, 0.25) is 0 Å². The Bertz CT molecular complexity index is 330. The highest BCUT2D eigenvalue weighted by atomic mass is 35.5. The van der Waals surface area contributed by atoms with Gasteiger partial charge in [-0.1, -0.05) is 6.92 Å². The van der Waals surface area contributed by atoms with Gasteiger partial charge in [0.15, 0.2) is 0 Å². The number of halogens is 2. The van der Waals surface area contributed by atoms with Crippen molar-refractivity contribution < 1.29 is 9.18 Å². The number of carbonyl (C=O) groups is 1. The van der Waals surface area contributed by atoms with Crippen LogP contribution in [0.25, 0.3) is 0 Å². The number of carbonyl (C=O) groups excluding carboxylic acids is 1. The molecule has 96 valence electrons. The molecule has 2 N–H and O–H groups in total. The van der Waals surface area contributed by atoms with Gasteiger partial charge in [-0.15, -0.1) is 12.4 Å². The summed E-state index contributed by atoms with van der Waals surface area (Å²) >= 11 is 0. The second-order valence-electron chi connectivity index (χ2n) is 3.51. The van der Waals surface area contributed by atoms with Crippen LogP contribution in [0.15, 0.2) is 24.3 Å². The molecule has 0 fully saturated rings. The molecular weight excluding hydrogens is 243 g/mol. The van der Waals surface area contributed by atoms with E-state index in [-0.39, 0.29) is 24.1 Å². The minimum absolute atomic E-state index is 0. The van der Waals surface area contributed by atoms with Crippen LogP contribution in [0.3, 0.4) is 0 Å². The first-order chi connectivity index (χ1) is 7.74. The Balaban J connectivity index is 0.00000256. The van der Waals surface area contributed by atoms with E-state index < -0.39 is 0 Å². The lowest BCUT2D eigenvalue weighted by atomic mass is 10.2. The van der Waals surface area contributed by atoms with Crippen molar-refractivity contribution >= 4 is 18.3 Å². The topological polar surface area (TPSA) is 41.1 Å². The molecule has 0 atom stereocenters. The van der Waals surface area contributed by atoms with E-state index in [0.717, 1.165) is 19.5 Å². The van der Waals surface area contributed by atoms with Gasteiger partial charge in [0.05, 0.1) is 0 Å². The Morgan fingerprint density at radius 1 is 1.18 bits per heavy atom. The van der Waals surface area contributed by atoms with Crippen LogP contribution in [0.2, 0.25) is 0 Å². The highest BCUT2D eigenvalue weighted by Crippen LogP contribution is 2.01. The largest absolute Gasteiger partial charge is 0.351 e. The van der Waals surface area contributed by atoms with Crippen LogP contribution in [-0.2, 0) is 0 Å². The lowest BCUT2D eigenvalue weighted by molar-refractivity contribution is 0.0954. The average Bonchev–Trinajstić information content (AvgIpc) is 2.29. The zero-order valence-electron chi connectivity index (χ0n) is 9.83. The summed E-state index contributed by atoms with van der Waals surface area (Å²) in [5, 5.41) is 5.93. The summed E-state index contributed by atoms with van der Waals surface area (Å²) in [6, 6.07) is 5.52. The van der Waals surface area contributed by atoms with E-state index in [0.29, 0.717) is 12.1 Å². The van der Waals surface area contributed by atoms with Gasteiger partial charge in [-0.05, 0) is 37.2 Å². The first-order valence-corrected chi connectivity index (χ1v) is 5.48. The molecule has 0 saturated carbocycles. The molecule has 0 aliphatic carbocycles. The first kappa shape index (κ1) is 15.9. The number of hydrogen-bond donors (Lipinski definition) is 2. The van der Waals surface area contributed by atoms with Crippen molar-refractivity contribution in [2.24, 2.45) is 0 Å². The number of nitrogens with one attached hydrogen (secondary N) is 2. The number of benzene rings is 1. The molecule has 0 aliphatic rings. The Morgan fingerprint density at radius 2 is 1.82 bits per heavy atom. The summed E-state index contributed by atoms with van der Waals surface area (Å²) in [5.74, 6) is -0.500. The predicted octanol–water partition coefficient (Wildman–Crippen LogP) is 1.98. The van der Waals surface area contributed by atoms with Crippen LogP contribution in [0, 0.1) is 5.82 Å². The summed E-state index contributed by atoms with van der Waals surface area (Å²) in [4.78, 5) is 11.5. The lowest BCUT2D eigenvalue weighted by Gasteiger charge is -2.05. The molecule has 0 heterocycles. The molecule has 1 aromatic rings. The summed E-state index contributed by atoms with van der Waals surface area (Å²) < 4.78 is 12.6. The van der Waals surface area contributed by atoms with Crippen LogP contribution in [0.4, 0.5) is 4.39 Å². The van der Waals surface area contributed by atoms with E-state index >= 15 is 0 Å². The fraction of sp³-hybridized carbons (Fsp3) is 0.417. The van der Waals surface area contributed by atoms with Gasteiger partial charge in [0, 0.05) is 18.7 Å². The maximum Gasteiger partial charge on any atom is 0.251 e. The van der Waals surface area contributed by atoms with Crippen LogP contribution < -0.4 is 10.6 Å². The monoisotopic (exact) mass is 260 g/mol. The first-order valence-electron chi connectivity index (χ1n) is 5.48. The fourth-order valence-electron chi connectivity index (χ4n) is 1.27. The van der Waals surface area contributed by atoms with Gasteiger partial charge < -0.3 is 10.6 Å². The minimum atomic E-state index is -0.332. The van der Waals surface area contributed by atoms with Gasteiger partial charge in [-0.3, -0.25) is 4.79 Å². The Labute approximate surface area is 107 Å². The molecule has 0 bridgehead atoms. The smallest absolute Gasteiger partial charge is 0.251 e. The molecule has 0 saturated heterocycles. The number of rotatable bonds is 6. The summed E-state index contributed by atoms with van der Waals surface area (Å²) in [6.07, 6.45) is 1.08. The molecule has 1 amide bonds. The van der Waals surface area contributed by atoms with Crippen molar-refractivity contribution in [3.05, 3.63) is 35.6 Å². The second-order valence-corrected chi connectivity index (χ2v) is 3.51. The Morgan fingerprint density at radius 3 is 2.41 bits per heavy atom. The maximum atomic E-state index is 12.6. The van der Waals surface area contributed by atoms with Crippen molar-refractivity contribution in [2.75, 3.05) is 19.6 Å². The predicted molar refractivity (Wildman–Crippen MR) is 69.1 cm³/mol. The van der Waals surface area contributed by atoms with Crippen molar-refractivity contribution in [1.82, 2.24) is 10.6 Å². The quantitative estimate of drug-likeness (QED) is 0.768. The van der Waals surface area contributed by atoms with Crippen LogP contribution in [0.5, 0.6) is 0 Å². The van der Waals surface area contributed by atoms with E-state index in [1.54, 1.807) is 0 Å². The van der Waals surface area contributed by atoms with Gasteiger partial charge in [0.25, 0.3) is 5.91 Å². The molecule has 5 heteroatoms. The summed E-state index contributed by atoms with van der Waals surface area (Å²) in [6.45, 7) is 4.37. The summed E-state index contributed by atoms with van der Waals surface area (Å²) in [5.41, 5.74) is 0.483. The van der Waals surface area contributed by atoms with Crippen molar-refractivity contribution in [3.63, 3.8) is 0 Å². The standard InChI is InChI=1S/C12H17FN2O.ClH/c1-2-7-14-8-9-15-12(16)10-3-5-11(13)6-4-10;/h3-6,14H,2,7-9H2,1H3,(H,15,16);1H. The third-order valence-corrected chi connectivity index (χ3v) is 2.12.